The summed E-state index contributed by atoms with van der Waals surface area (Å²) in [6.45, 7) is 10.7. The van der Waals surface area contributed by atoms with E-state index in [0.717, 1.165) is 24.0 Å². The Morgan fingerprint density at radius 3 is 2.54 bits per heavy atom. The van der Waals surface area contributed by atoms with Crippen LogP contribution < -0.4 is 15.0 Å². The van der Waals surface area contributed by atoms with Gasteiger partial charge in [0.2, 0.25) is 5.91 Å². The Kier molecular flexibility index (Phi) is 7.27. The monoisotopic (exact) mass is 494 g/mol. The summed E-state index contributed by atoms with van der Waals surface area (Å²) in [6.07, 6.45) is 4.96. The summed E-state index contributed by atoms with van der Waals surface area (Å²) in [5.41, 5.74) is 2.37. The van der Waals surface area contributed by atoms with Crippen molar-refractivity contribution in [1.82, 2.24) is 5.32 Å². The lowest BCUT2D eigenvalue weighted by Gasteiger charge is -2.36. The van der Waals surface area contributed by atoms with E-state index >= 15 is 0 Å². The fourth-order valence-electron chi connectivity index (χ4n) is 4.83. The van der Waals surface area contributed by atoms with Crippen LogP contribution in [0.2, 0.25) is 5.02 Å². The summed E-state index contributed by atoms with van der Waals surface area (Å²) in [4.78, 5) is 28.3. The Morgan fingerprint density at radius 2 is 1.86 bits per heavy atom. The van der Waals surface area contributed by atoms with Gasteiger partial charge in [-0.15, -0.1) is 0 Å². The van der Waals surface area contributed by atoms with Crippen molar-refractivity contribution in [3.8, 4) is 5.75 Å². The molecule has 2 aromatic rings. The summed E-state index contributed by atoms with van der Waals surface area (Å²) >= 11 is 6.01. The average molecular weight is 495 g/mol. The first-order valence-electron chi connectivity index (χ1n) is 12.4. The maximum atomic E-state index is 13.6. The van der Waals surface area contributed by atoms with Crippen molar-refractivity contribution in [1.29, 1.82) is 0 Å². The van der Waals surface area contributed by atoms with Crippen LogP contribution >= 0.6 is 11.6 Å². The van der Waals surface area contributed by atoms with Gasteiger partial charge in [0.05, 0.1) is 5.69 Å². The van der Waals surface area contributed by atoms with Gasteiger partial charge in [-0.25, -0.2) is 0 Å². The highest BCUT2D eigenvalue weighted by molar-refractivity contribution is 6.30. The normalized spacial score (nSPS) is 23.6. The largest absolute Gasteiger partial charge is 0.449 e. The van der Waals surface area contributed by atoms with Gasteiger partial charge >= 0.3 is 0 Å². The van der Waals surface area contributed by atoms with Crippen LogP contribution in [0, 0.1) is 11.8 Å². The van der Waals surface area contributed by atoms with E-state index < -0.39 is 0 Å². The maximum Gasteiger partial charge on any atom is 0.294 e. The minimum atomic E-state index is -0.335. The van der Waals surface area contributed by atoms with E-state index in [2.05, 4.69) is 39.9 Å². The number of hydrogen-bond acceptors (Lipinski definition) is 3. The molecule has 186 valence electrons. The molecule has 0 spiro atoms. The number of rotatable bonds is 4. The van der Waals surface area contributed by atoms with E-state index in [9.17, 15) is 9.59 Å². The minimum Gasteiger partial charge on any atom is -0.449 e. The highest BCUT2D eigenvalue weighted by atomic mass is 35.5. The van der Waals surface area contributed by atoms with Crippen LogP contribution in [0.4, 0.5) is 5.69 Å². The third kappa shape index (κ3) is 5.72. The highest BCUT2D eigenvalue weighted by Crippen LogP contribution is 2.39. The molecule has 0 bridgehead atoms. The van der Waals surface area contributed by atoms with Gasteiger partial charge in [0.25, 0.3) is 5.91 Å². The quantitative estimate of drug-likeness (QED) is 0.504. The minimum absolute atomic E-state index is 0.0572. The van der Waals surface area contributed by atoms with Crippen molar-refractivity contribution < 1.29 is 14.3 Å². The van der Waals surface area contributed by atoms with E-state index in [1.165, 1.54) is 6.42 Å². The van der Waals surface area contributed by atoms with Gasteiger partial charge in [-0.3, -0.25) is 14.5 Å². The highest BCUT2D eigenvalue weighted by Gasteiger charge is 2.34. The zero-order chi connectivity index (χ0) is 25.3. The Balaban J connectivity index is 1.65. The number of anilines is 1. The molecule has 35 heavy (non-hydrogen) atoms. The lowest BCUT2D eigenvalue weighted by atomic mass is 9.78. The van der Waals surface area contributed by atoms with Crippen LogP contribution in [0.3, 0.4) is 0 Å². The molecule has 4 rings (SSSR count). The molecule has 2 amide bonds. The zero-order valence-corrected chi connectivity index (χ0v) is 22.0. The molecule has 2 aromatic carbocycles. The SMILES string of the molecule is C[C@H]1[C@H](C)CCC[C@H]1NC(=O)CN1C(=O)/C(=C\c2ccc(Cl)cc2)Oc2ccc(C(C)(C)C)cc21. The van der Waals surface area contributed by atoms with Crippen molar-refractivity contribution >= 4 is 35.2 Å². The van der Waals surface area contributed by atoms with Gasteiger partial charge in [0.1, 0.15) is 6.54 Å². The standard InChI is InChI=1S/C29H35ClN2O3/c1-18-7-6-8-23(19(18)2)31-27(33)17-32-24-16-21(29(3,4)5)11-14-25(24)35-26(28(32)34)15-20-9-12-22(30)13-10-20/h9-16,18-19,23H,6-8,17H2,1-5H3,(H,31,33)/b26-15+/t18-,19+,23-/m1/s1. The first-order valence-corrected chi connectivity index (χ1v) is 12.8. The molecule has 1 heterocycles. The molecular weight excluding hydrogens is 460 g/mol. The van der Waals surface area contributed by atoms with Crippen LogP contribution in [0.1, 0.15) is 65.0 Å². The second-order valence-electron chi connectivity index (χ2n) is 10.9. The van der Waals surface area contributed by atoms with Crippen LogP contribution in [0.15, 0.2) is 48.2 Å². The van der Waals surface area contributed by atoms with Crippen molar-refractivity contribution in [2.75, 3.05) is 11.4 Å². The number of ether oxygens (including phenoxy) is 1. The van der Waals surface area contributed by atoms with E-state index in [1.54, 1.807) is 23.1 Å². The smallest absolute Gasteiger partial charge is 0.294 e. The molecule has 0 unspecified atom stereocenters. The first kappa shape index (κ1) is 25.3. The Morgan fingerprint density at radius 1 is 1.14 bits per heavy atom. The van der Waals surface area contributed by atoms with Crippen molar-refractivity contribution in [3.63, 3.8) is 0 Å². The fourth-order valence-corrected chi connectivity index (χ4v) is 4.95. The molecule has 2 aliphatic rings. The van der Waals surface area contributed by atoms with Gasteiger partial charge in [-0.2, -0.15) is 0 Å². The van der Waals surface area contributed by atoms with Crippen LogP contribution in [0.5, 0.6) is 5.75 Å². The molecule has 0 radical (unpaired) electrons. The number of fused-ring (bicyclic) bond motifs is 1. The summed E-state index contributed by atoms with van der Waals surface area (Å²) < 4.78 is 6.04. The number of amides is 2. The summed E-state index contributed by atoms with van der Waals surface area (Å²) in [5, 5.41) is 3.82. The topological polar surface area (TPSA) is 58.6 Å². The molecule has 1 aliphatic heterocycles. The summed E-state index contributed by atoms with van der Waals surface area (Å²) in [5.74, 6) is 1.24. The van der Waals surface area contributed by atoms with E-state index in [-0.39, 0.29) is 35.6 Å². The summed E-state index contributed by atoms with van der Waals surface area (Å²) in [6, 6.07) is 13.2. The van der Waals surface area contributed by atoms with Gasteiger partial charge < -0.3 is 10.1 Å². The molecule has 0 aromatic heterocycles. The molecule has 1 N–H and O–H groups in total. The van der Waals surface area contributed by atoms with E-state index in [0.29, 0.717) is 28.3 Å². The number of carbonyl (C=O) groups excluding carboxylic acids is 2. The van der Waals surface area contributed by atoms with Gasteiger partial charge in [-0.05, 0) is 65.1 Å². The van der Waals surface area contributed by atoms with Gasteiger partial charge in [0, 0.05) is 11.1 Å². The predicted molar refractivity (Wildman–Crippen MR) is 142 cm³/mol. The molecular formula is C29H35ClN2O3. The number of halogens is 1. The van der Waals surface area contributed by atoms with E-state index in [4.69, 9.17) is 16.3 Å². The lowest BCUT2D eigenvalue weighted by Crippen LogP contribution is -2.49. The van der Waals surface area contributed by atoms with Gasteiger partial charge in [-0.1, -0.05) is 77.3 Å². The molecule has 6 heteroatoms. The third-order valence-electron chi connectivity index (χ3n) is 7.31. The van der Waals surface area contributed by atoms with Crippen molar-refractivity contribution in [3.05, 3.63) is 64.4 Å². The molecule has 3 atom stereocenters. The lowest BCUT2D eigenvalue weighted by molar-refractivity contribution is -0.124. The van der Waals surface area contributed by atoms with Crippen LogP contribution in [0.25, 0.3) is 6.08 Å². The Labute approximate surface area is 213 Å². The number of benzene rings is 2. The number of carbonyl (C=O) groups is 2. The molecule has 0 saturated heterocycles. The van der Waals surface area contributed by atoms with Gasteiger partial charge in [0.15, 0.2) is 11.5 Å². The molecule has 1 fully saturated rings. The second kappa shape index (κ2) is 10.1. The number of nitrogens with zero attached hydrogens (tertiary/aromatic N) is 1. The molecule has 1 aliphatic carbocycles. The predicted octanol–water partition coefficient (Wildman–Crippen LogP) is 6.34. The van der Waals surface area contributed by atoms with Crippen LogP contribution in [-0.2, 0) is 15.0 Å². The summed E-state index contributed by atoms with van der Waals surface area (Å²) in [7, 11) is 0. The molecule has 5 nitrogen and oxygen atoms in total. The van der Waals surface area contributed by atoms with Crippen molar-refractivity contribution in [2.45, 2.75) is 65.3 Å². The second-order valence-corrected chi connectivity index (χ2v) is 11.4. The zero-order valence-electron chi connectivity index (χ0n) is 21.2. The van der Waals surface area contributed by atoms with E-state index in [1.807, 2.05) is 30.3 Å². The average Bonchev–Trinajstić information content (AvgIpc) is 2.80. The Hall–Kier alpha value is -2.79. The number of hydrogen-bond donors (Lipinski definition) is 1. The Bertz CT molecular complexity index is 1130. The van der Waals surface area contributed by atoms with Crippen LogP contribution in [-0.4, -0.2) is 24.4 Å². The third-order valence-corrected chi connectivity index (χ3v) is 7.57. The first-order chi connectivity index (χ1) is 16.5. The number of nitrogens with one attached hydrogen (secondary N) is 1. The van der Waals surface area contributed by atoms with Crippen molar-refractivity contribution in [2.24, 2.45) is 11.8 Å². The molecule has 1 saturated carbocycles. The fraction of sp³-hybridized carbons (Fsp3) is 0.448. The maximum absolute atomic E-state index is 13.6.